The van der Waals surface area contributed by atoms with Gasteiger partial charge in [0.15, 0.2) is 5.79 Å². The van der Waals surface area contributed by atoms with Crippen LogP contribution in [0.3, 0.4) is 0 Å². The predicted octanol–water partition coefficient (Wildman–Crippen LogP) is 5.44. The Labute approximate surface area is 194 Å². The Morgan fingerprint density at radius 3 is 1.94 bits per heavy atom. The Kier molecular flexibility index (Phi) is 6.27. The summed E-state index contributed by atoms with van der Waals surface area (Å²) >= 11 is 0. The fourth-order valence-corrected chi connectivity index (χ4v) is 10.5. The van der Waals surface area contributed by atoms with Gasteiger partial charge in [-0.3, -0.25) is 0 Å². The first-order valence-electron chi connectivity index (χ1n) is 11.8. The van der Waals surface area contributed by atoms with E-state index in [0.29, 0.717) is 0 Å². The van der Waals surface area contributed by atoms with E-state index in [4.69, 9.17) is 13.9 Å². The lowest BCUT2D eigenvalue weighted by Crippen LogP contribution is -2.69. The molecule has 0 aromatic heterocycles. The molecule has 0 spiro atoms. The first-order chi connectivity index (χ1) is 15.1. The predicted molar refractivity (Wildman–Crippen MR) is 134 cm³/mol. The molecule has 0 amide bonds. The Bertz CT molecular complexity index is 893. The Hall–Kier alpha value is -1.72. The van der Waals surface area contributed by atoms with Crippen molar-refractivity contribution in [1.82, 2.24) is 0 Å². The van der Waals surface area contributed by atoms with Gasteiger partial charge >= 0.3 is 0 Å². The topological polar surface area (TPSA) is 27.7 Å². The van der Waals surface area contributed by atoms with Crippen molar-refractivity contribution in [1.29, 1.82) is 0 Å². The van der Waals surface area contributed by atoms with E-state index in [1.165, 1.54) is 10.4 Å². The summed E-state index contributed by atoms with van der Waals surface area (Å²) in [6.07, 6.45) is 2.02. The third kappa shape index (κ3) is 4.14. The maximum atomic E-state index is 7.51. The molecule has 1 saturated carbocycles. The average molecular weight is 451 g/mol. The number of benzene rings is 2. The van der Waals surface area contributed by atoms with Gasteiger partial charge in [0.05, 0.1) is 18.3 Å². The van der Waals surface area contributed by atoms with Gasteiger partial charge in [-0.25, -0.2) is 0 Å². The lowest BCUT2D eigenvalue weighted by Gasteiger charge is -2.49. The second kappa shape index (κ2) is 8.57. The van der Waals surface area contributed by atoms with Crippen LogP contribution in [0, 0.1) is 5.92 Å². The third-order valence-corrected chi connectivity index (χ3v) is 12.1. The quantitative estimate of drug-likeness (QED) is 0.449. The molecule has 2 fully saturated rings. The summed E-state index contributed by atoms with van der Waals surface area (Å²) in [5.74, 6) is -0.452. The van der Waals surface area contributed by atoms with E-state index in [0.717, 1.165) is 18.4 Å². The highest BCUT2D eigenvalue weighted by atomic mass is 28.4. The van der Waals surface area contributed by atoms with Crippen LogP contribution in [-0.4, -0.2) is 32.4 Å². The second-order valence-corrected chi connectivity index (χ2v) is 15.2. The summed E-state index contributed by atoms with van der Waals surface area (Å²) in [6, 6.07) is 21.7. The minimum Gasteiger partial charge on any atom is -0.404 e. The minimum absolute atomic E-state index is 0.0144. The van der Waals surface area contributed by atoms with Crippen molar-refractivity contribution in [3.63, 3.8) is 0 Å². The zero-order valence-electron chi connectivity index (χ0n) is 20.4. The van der Waals surface area contributed by atoms with Gasteiger partial charge in [0.2, 0.25) is 0 Å². The van der Waals surface area contributed by atoms with Crippen LogP contribution < -0.4 is 10.4 Å². The van der Waals surface area contributed by atoms with Crippen molar-refractivity contribution in [2.24, 2.45) is 5.92 Å². The summed E-state index contributed by atoms with van der Waals surface area (Å²) in [5, 5.41) is 2.56. The zero-order valence-corrected chi connectivity index (χ0v) is 21.4. The van der Waals surface area contributed by atoms with Crippen LogP contribution in [0.1, 0.15) is 54.4 Å². The van der Waals surface area contributed by atoms with E-state index in [1.807, 2.05) is 13.8 Å². The van der Waals surface area contributed by atoms with Crippen molar-refractivity contribution in [2.45, 2.75) is 83.5 Å². The van der Waals surface area contributed by atoms with Crippen molar-refractivity contribution < 1.29 is 13.9 Å². The SMILES string of the molecule is C=C(C)[C@@H]1[C@@H]2OC(C)(C)O[C@@H]2CC[C@H]1O[Si](c1ccccc1)(c1ccccc1)C(C)(C)C. The maximum Gasteiger partial charge on any atom is 0.261 e. The van der Waals surface area contributed by atoms with Crippen molar-refractivity contribution in [2.75, 3.05) is 0 Å². The first kappa shape index (κ1) is 23.4. The molecule has 1 saturated heterocycles. The number of fused-ring (bicyclic) bond motifs is 1. The van der Waals surface area contributed by atoms with Crippen molar-refractivity contribution >= 4 is 18.7 Å². The van der Waals surface area contributed by atoms with Crippen molar-refractivity contribution in [3.05, 3.63) is 72.8 Å². The Morgan fingerprint density at radius 1 is 0.938 bits per heavy atom. The minimum atomic E-state index is -2.64. The van der Waals surface area contributed by atoms with Gasteiger partial charge in [0.1, 0.15) is 0 Å². The van der Waals surface area contributed by atoms with Crippen LogP contribution in [0.2, 0.25) is 5.04 Å². The summed E-state index contributed by atoms with van der Waals surface area (Å²) in [7, 11) is -2.64. The van der Waals surface area contributed by atoms with Gasteiger partial charge in [0.25, 0.3) is 8.32 Å². The number of rotatable bonds is 5. The average Bonchev–Trinajstić information content (AvgIpc) is 3.05. The van der Waals surface area contributed by atoms with Gasteiger partial charge in [-0.2, -0.15) is 0 Å². The molecule has 32 heavy (non-hydrogen) atoms. The Balaban J connectivity index is 1.82. The monoisotopic (exact) mass is 450 g/mol. The van der Waals surface area contributed by atoms with Gasteiger partial charge in [-0.05, 0) is 49.0 Å². The van der Waals surface area contributed by atoms with Gasteiger partial charge in [-0.1, -0.05) is 93.6 Å². The highest BCUT2D eigenvalue weighted by molar-refractivity contribution is 6.99. The van der Waals surface area contributed by atoms with Gasteiger partial charge < -0.3 is 13.9 Å². The molecule has 172 valence electrons. The molecular weight excluding hydrogens is 412 g/mol. The molecule has 2 aromatic rings. The fourth-order valence-electron chi connectivity index (χ4n) is 5.76. The van der Waals surface area contributed by atoms with E-state index in [1.54, 1.807) is 0 Å². The van der Waals surface area contributed by atoms with Crippen LogP contribution in [0.4, 0.5) is 0 Å². The second-order valence-electron chi connectivity index (χ2n) is 10.9. The number of hydrogen-bond acceptors (Lipinski definition) is 3. The molecule has 3 nitrogen and oxygen atoms in total. The molecule has 4 heteroatoms. The lowest BCUT2D eigenvalue weighted by molar-refractivity contribution is -0.149. The smallest absolute Gasteiger partial charge is 0.261 e. The van der Waals surface area contributed by atoms with Crippen LogP contribution in [0.15, 0.2) is 72.8 Å². The number of ether oxygens (including phenoxy) is 2. The molecule has 4 atom stereocenters. The molecule has 4 rings (SSSR count). The maximum absolute atomic E-state index is 7.51. The van der Waals surface area contributed by atoms with Crippen LogP contribution in [0.5, 0.6) is 0 Å². The summed E-state index contributed by atoms with van der Waals surface area (Å²) in [5.41, 5.74) is 1.11. The van der Waals surface area contributed by atoms with Crippen LogP contribution >= 0.6 is 0 Å². The Morgan fingerprint density at radius 2 is 1.47 bits per heavy atom. The van der Waals surface area contributed by atoms with Gasteiger partial charge in [-0.15, -0.1) is 0 Å². The molecule has 2 aliphatic rings. The van der Waals surface area contributed by atoms with E-state index < -0.39 is 14.1 Å². The molecule has 1 heterocycles. The standard InChI is InChI=1S/C28H38O3Si/c1-20(2)25-23(18-19-24-26(25)30-28(6,7)29-24)31-32(27(3,4)5,21-14-10-8-11-15-21)22-16-12-9-13-17-22/h8-17,23-26H,1,18-19H2,2-7H3/t23-,24-,25+,26-/m1/s1. The van der Waals surface area contributed by atoms with E-state index in [2.05, 4.69) is 94.9 Å². The highest BCUT2D eigenvalue weighted by Gasteiger charge is 2.56. The number of hydrogen-bond donors (Lipinski definition) is 0. The van der Waals surface area contributed by atoms with Gasteiger partial charge in [0, 0.05) is 5.92 Å². The largest absolute Gasteiger partial charge is 0.404 e. The van der Waals surface area contributed by atoms with E-state index in [9.17, 15) is 0 Å². The van der Waals surface area contributed by atoms with E-state index >= 15 is 0 Å². The third-order valence-electron chi connectivity index (χ3n) is 7.03. The van der Waals surface area contributed by atoms with Crippen LogP contribution in [0.25, 0.3) is 0 Å². The molecule has 0 bridgehead atoms. The highest BCUT2D eigenvalue weighted by Crippen LogP contribution is 2.46. The van der Waals surface area contributed by atoms with Crippen molar-refractivity contribution in [3.8, 4) is 0 Å². The molecule has 2 aromatic carbocycles. The summed E-state index contributed by atoms with van der Waals surface area (Å²) in [6.45, 7) is 17.5. The molecule has 0 N–H and O–H groups in total. The lowest BCUT2D eigenvalue weighted by atomic mass is 9.78. The van der Waals surface area contributed by atoms with Crippen LogP contribution in [-0.2, 0) is 13.9 Å². The molecule has 1 aliphatic heterocycles. The fraction of sp³-hybridized carbons (Fsp3) is 0.500. The molecule has 0 unspecified atom stereocenters. The molecule has 1 aliphatic carbocycles. The first-order valence-corrected chi connectivity index (χ1v) is 13.8. The van der Waals surface area contributed by atoms with E-state index in [-0.39, 0.29) is 29.3 Å². The zero-order chi connectivity index (χ0) is 23.1. The summed E-state index contributed by atoms with van der Waals surface area (Å²) < 4.78 is 20.2. The summed E-state index contributed by atoms with van der Waals surface area (Å²) in [4.78, 5) is 0. The molecular formula is C28H38O3Si. The molecule has 0 radical (unpaired) electrons. The normalized spacial score (nSPS) is 27.7.